The SMILES string of the molecule is Oc1c(P)cccc1-c1ccccc1-c1ccccc1. The molecule has 0 heterocycles. The molecule has 0 saturated heterocycles. The van der Waals surface area contributed by atoms with Crippen LogP contribution in [0.4, 0.5) is 0 Å². The quantitative estimate of drug-likeness (QED) is 0.696. The molecule has 1 nitrogen and oxygen atoms in total. The van der Waals surface area contributed by atoms with Crippen LogP contribution in [0.3, 0.4) is 0 Å². The molecule has 98 valence electrons. The summed E-state index contributed by atoms with van der Waals surface area (Å²) < 4.78 is 0. The lowest BCUT2D eigenvalue weighted by molar-refractivity contribution is 0.482. The minimum absolute atomic E-state index is 0.320. The first-order chi connectivity index (χ1) is 9.77. The molecule has 3 aromatic carbocycles. The van der Waals surface area contributed by atoms with E-state index in [2.05, 4.69) is 27.4 Å². The van der Waals surface area contributed by atoms with Crippen molar-refractivity contribution in [1.82, 2.24) is 0 Å². The minimum Gasteiger partial charge on any atom is -0.507 e. The zero-order chi connectivity index (χ0) is 13.9. The number of rotatable bonds is 2. The van der Waals surface area contributed by atoms with E-state index in [-0.39, 0.29) is 0 Å². The molecule has 0 aromatic heterocycles. The van der Waals surface area contributed by atoms with E-state index in [4.69, 9.17) is 0 Å². The summed E-state index contributed by atoms with van der Waals surface area (Å²) in [4.78, 5) is 0. The standard InChI is InChI=1S/C18H15OP/c19-18-16(11-6-12-17(18)20)15-10-5-4-9-14(15)13-7-2-1-3-8-13/h1-12,19H,20H2. The summed E-state index contributed by atoms with van der Waals surface area (Å²) in [6, 6.07) is 24.2. The third-order valence-electron chi connectivity index (χ3n) is 3.37. The van der Waals surface area contributed by atoms with Crippen molar-refractivity contribution < 1.29 is 5.11 Å². The summed E-state index contributed by atoms with van der Waals surface area (Å²) in [5.74, 6) is 0.320. The normalized spacial score (nSPS) is 10.4. The van der Waals surface area contributed by atoms with Crippen molar-refractivity contribution in [3.8, 4) is 28.0 Å². The van der Waals surface area contributed by atoms with Gasteiger partial charge >= 0.3 is 0 Å². The van der Waals surface area contributed by atoms with Crippen LogP contribution < -0.4 is 5.30 Å². The van der Waals surface area contributed by atoms with E-state index in [9.17, 15) is 5.11 Å². The van der Waals surface area contributed by atoms with Gasteiger partial charge in [-0.25, -0.2) is 0 Å². The molecule has 0 aliphatic carbocycles. The highest BCUT2D eigenvalue weighted by atomic mass is 31.0. The van der Waals surface area contributed by atoms with E-state index < -0.39 is 0 Å². The maximum Gasteiger partial charge on any atom is 0.130 e. The first-order valence-corrected chi connectivity index (χ1v) is 7.07. The summed E-state index contributed by atoms with van der Waals surface area (Å²) in [5, 5.41) is 11.1. The molecule has 0 spiro atoms. The molecule has 1 unspecified atom stereocenters. The van der Waals surface area contributed by atoms with Gasteiger partial charge in [0, 0.05) is 10.9 Å². The van der Waals surface area contributed by atoms with Gasteiger partial charge in [0.1, 0.15) is 5.75 Å². The second-order valence-electron chi connectivity index (χ2n) is 4.66. The highest BCUT2D eigenvalue weighted by Crippen LogP contribution is 2.36. The second-order valence-corrected chi connectivity index (χ2v) is 5.28. The summed E-state index contributed by atoms with van der Waals surface area (Å²) in [6.45, 7) is 0. The van der Waals surface area contributed by atoms with Crippen molar-refractivity contribution in [2.45, 2.75) is 0 Å². The predicted octanol–water partition coefficient (Wildman–Crippen LogP) is 4.23. The molecule has 3 rings (SSSR count). The van der Waals surface area contributed by atoms with E-state index >= 15 is 0 Å². The van der Waals surface area contributed by atoms with E-state index in [0.29, 0.717) is 5.75 Å². The number of hydrogen-bond donors (Lipinski definition) is 1. The van der Waals surface area contributed by atoms with Crippen molar-refractivity contribution in [3.05, 3.63) is 72.8 Å². The van der Waals surface area contributed by atoms with Crippen LogP contribution in [-0.4, -0.2) is 5.11 Å². The topological polar surface area (TPSA) is 20.2 Å². The first-order valence-electron chi connectivity index (χ1n) is 6.49. The Morgan fingerprint density at radius 3 is 1.95 bits per heavy atom. The Balaban J connectivity index is 2.23. The van der Waals surface area contributed by atoms with Gasteiger partial charge < -0.3 is 5.11 Å². The van der Waals surface area contributed by atoms with Gasteiger partial charge in [-0.1, -0.05) is 72.8 Å². The van der Waals surface area contributed by atoms with Crippen molar-refractivity contribution in [2.75, 3.05) is 0 Å². The average Bonchev–Trinajstić information content (AvgIpc) is 2.51. The van der Waals surface area contributed by atoms with Gasteiger partial charge in [-0.3, -0.25) is 0 Å². The van der Waals surface area contributed by atoms with Gasteiger partial charge in [-0.15, -0.1) is 9.24 Å². The molecular formula is C18H15OP. The molecule has 1 N–H and O–H groups in total. The summed E-state index contributed by atoms with van der Waals surface area (Å²) >= 11 is 0. The fraction of sp³-hybridized carbons (Fsp3) is 0. The summed E-state index contributed by atoms with van der Waals surface area (Å²) in [6.07, 6.45) is 0. The fourth-order valence-corrected chi connectivity index (χ4v) is 2.63. The zero-order valence-corrected chi connectivity index (χ0v) is 12.1. The third kappa shape index (κ3) is 2.33. The largest absolute Gasteiger partial charge is 0.507 e. The number of phenolic OH excluding ortho intramolecular Hbond substituents is 1. The zero-order valence-electron chi connectivity index (χ0n) is 11.0. The van der Waals surface area contributed by atoms with Crippen LogP contribution in [0.2, 0.25) is 0 Å². The third-order valence-corrected chi connectivity index (χ3v) is 3.84. The molecule has 0 radical (unpaired) electrons. The van der Waals surface area contributed by atoms with Gasteiger partial charge in [0.25, 0.3) is 0 Å². The van der Waals surface area contributed by atoms with E-state index in [1.54, 1.807) is 0 Å². The molecule has 0 amide bonds. The molecule has 2 heteroatoms. The fourth-order valence-electron chi connectivity index (χ4n) is 2.37. The Morgan fingerprint density at radius 1 is 0.600 bits per heavy atom. The lowest BCUT2D eigenvalue weighted by Gasteiger charge is -2.12. The van der Waals surface area contributed by atoms with Gasteiger partial charge in [0.2, 0.25) is 0 Å². The van der Waals surface area contributed by atoms with Gasteiger partial charge in [0.15, 0.2) is 0 Å². The van der Waals surface area contributed by atoms with Crippen LogP contribution >= 0.6 is 9.24 Å². The van der Waals surface area contributed by atoms with E-state index in [1.807, 2.05) is 54.6 Å². The molecule has 3 aromatic rings. The van der Waals surface area contributed by atoms with Crippen molar-refractivity contribution in [3.63, 3.8) is 0 Å². The molecule has 0 bridgehead atoms. The highest BCUT2D eigenvalue weighted by Gasteiger charge is 2.11. The first kappa shape index (κ1) is 12.9. The molecule has 0 saturated carbocycles. The number of phenols is 1. The van der Waals surface area contributed by atoms with Crippen LogP contribution in [0.1, 0.15) is 0 Å². The molecule has 0 aliphatic rings. The number of para-hydroxylation sites is 1. The van der Waals surface area contributed by atoms with Gasteiger partial charge in [0.05, 0.1) is 0 Å². The molecule has 1 atom stereocenters. The van der Waals surface area contributed by atoms with Crippen LogP contribution in [-0.2, 0) is 0 Å². The van der Waals surface area contributed by atoms with Crippen LogP contribution in [0, 0.1) is 0 Å². The van der Waals surface area contributed by atoms with E-state index in [0.717, 1.165) is 27.6 Å². The van der Waals surface area contributed by atoms with Crippen LogP contribution in [0.25, 0.3) is 22.3 Å². The monoisotopic (exact) mass is 278 g/mol. The Hall–Kier alpha value is -2.11. The molecule has 0 fully saturated rings. The van der Waals surface area contributed by atoms with Gasteiger partial charge in [-0.05, 0) is 16.7 Å². The Bertz CT molecular complexity index is 735. The Kier molecular flexibility index (Phi) is 3.54. The van der Waals surface area contributed by atoms with Crippen molar-refractivity contribution in [1.29, 1.82) is 0 Å². The Morgan fingerprint density at radius 2 is 1.20 bits per heavy atom. The molecule has 0 aliphatic heterocycles. The molecular weight excluding hydrogens is 263 g/mol. The second kappa shape index (κ2) is 5.48. The summed E-state index contributed by atoms with van der Waals surface area (Å²) in [5.41, 5.74) is 4.17. The number of benzene rings is 3. The van der Waals surface area contributed by atoms with Crippen LogP contribution in [0.5, 0.6) is 5.75 Å². The van der Waals surface area contributed by atoms with Crippen LogP contribution in [0.15, 0.2) is 72.8 Å². The van der Waals surface area contributed by atoms with Gasteiger partial charge in [-0.2, -0.15) is 0 Å². The predicted molar refractivity (Wildman–Crippen MR) is 88.3 cm³/mol. The number of aromatic hydroxyl groups is 1. The lowest BCUT2D eigenvalue weighted by Crippen LogP contribution is -1.94. The number of hydrogen-bond acceptors (Lipinski definition) is 1. The van der Waals surface area contributed by atoms with Crippen molar-refractivity contribution >= 4 is 14.5 Å². The smallest absolute Gasteiger partial charge is 0.130 e. The molecule has 20 heavy (non-hydrogen) atoms. The maximum absolute atomic E-state index is 10.3. The van der Waals surface area contributed by atoms with E-state index in [1.165, 1.54) is 0 Å². The summed E-state index contributed by atoms with van der Waals surface area (Å²) in [7, 11) is 2.57. The highest BCUT2D eigenvalue weighted by molar-refractivity contribution is 7.27. The maximum atomic E-state index is 10.3. The minimum atomic E-state index is 0.320. The lowest BCUT2D eigenvalue weighted by atomic mass is 9.94. The Labute approximate surface area is 121 Å². The van der Waals surface area contributed by atoms with Crippen molar-refractivity contribution in [2.24, 2.45) is 0 Å². The average molecular weight is 278 g/mol.